The van der Waals surface area contributed by atoms with E-state index in [9.17, 15) is 4.79 Å². The lowest BCUT2D eigenvalue weighted by atomic mass is 10.1. The Morgan fingerprint density at radius 1 is 1.33 bits per heavy atom. The van der Waals surface area contributed by atoms with Crippen LogP contribution >= 0.6 is 15.9 Å². The van der Waals surface area contributed by atoms with Gasteiger partial charge in [0.1, 0.15) is 5.75 Å². The lowest BCUT2D eigenvalue weighted by Gasteiger charge is -2.19. The molecule has 5 heteroatoms. The summed E-state index contributed by atoms with van der Waals surface area (Å²) >= 11 is 3.42. The molecule has 1 rings (SSSR count). The van der Waals surface area contributed by atoms with Crippen LogP contribution in [0.2, 0.25) is 0 Å². The van der Waals surface area contributed by atoms with Crippen LogP contribution in [0.3, 0.4) is 0 Å². The molecule has 2 atom stereocenters. The Hall–Kier alpha value is -1.07. The third kappa shape index (κ3) is 6.06. The third-order valence-electron chi connectivity index (χ3n) is 3.16. The second kappa shape index (κ2) is 8.39. The largest absolute Gasteiger partial charge is 0.481 e. The smallest absolute Gasteiger partial charge is 0.260 e. The zero-order valence-corrected chi connectivity index (χ0v) is 14.7. The number of carbonyl (C=O) groups excluding carboxylic acids is 1. The number of rotatable bonds is 7. The van der Waals surface area contributed by atoms with E-state index < -0.39 is 6.10 Å². The fourth-order valence-electron chi connectivity index (χ4n) is 1.85. The van der Waals surface area contributed by atoms with Gasteiger partial charge >= 0.3 is 0 Å². The minimum atomic E-state index is -0.546. The Morgan fingerprint density at radius 3 is 2.57 bits per heavy atom. The number of nitrogens with one attached hydrogen (secondary N) is 1. The maximum Gasteiger partial charge on any atom is 0.260 e. The lowest BCUT2D eigenvalue weighted by Crippen LogP contribution is -2.37. The molecule has 0 spiro atoms. The molecule has 21 heavy (non-hydrogen) atoms. The second-order valence-electron chi connectivity index (χ2n) is 5.70. The Labute approximate surface area is 135 Å². The highest BCUT2D eigenvalue weighted by molar-refractivity contribution is 9.10. The van der Waals surface area contributed by atoms with Gasteiger partial charge in [-0.2, -0.15) is 0 Å². The number of carbonyl (C=O) groups is 1. The summed E-state index contributed by atoms with van der Waals surface area (Å²) in [7, 11) is 0. The van der Waals surface area contributed by atoms with E-state index in [0.717, 1.165) is 16.5 Å². The van der Waals surface area contributed by atoms with Crippen LogP contribution in [-0.2, 0) is 4.79 Å². The van der Waals surface area contributed by atoms with Gasteiger partial charge in [0, 0.05) is 22.6 Å². The van der Waals surface area contributed by atoms with E-state index in [-0.39, 0.29) is 11.9 Å². The van der Waals surface area contributed by atoms with Crippen molar-refractivity contribution >= 4 is 21.8 Å². The summed E-state index contributed by atoms with van der Waals surface area (Å²) in [5.74, 6) is 1.12. The highest BCUT2D eigenvalue weighted by Gasteiger charge is 2.17. The standard InChI is InChI=1S/C16H25BrN2O2/c1-10(2)7-8-19-16(20)12(4)21-15-6-5-13(17)9-14(15)11(3)18/h5-6,9-12H,7-8,18H2,1-4H3,(H,19,20)/t11-,12?/m0/s1. The number of hydrogen-bond donors (Lipinski definition) is 2. The second-order valence-corrected chi connectivity index (χ2v) is 6.62. The molecule has 0 radical (unpaired) electrons. The van der Waals surface area contributed by atoms with Gasteiger partial charge in [0.25, 0.3) is 5.91 Å². The summed E-state index contributed by atoms with van der Waals surface area (Å²) in [6.07, 6.45) is 0.415. The maximum atomic E-state index is 12.0. The normalized spacial score (nSPS) is 13.9. The van der Waals surface area contributed by atoms with Gasteiger partial charge in [-0.1, -0.05) is 29.8 Å². The van der Waals surface area contributed by atoms with E-state index in [1.807, 2.05) is 25.1 Å². The molecule has 0 saturated heterocycles. The fourth-order valence-corrected chi connectivity index (χ4v) is 2.23. The molecule has 0 aromatic heterocycles. The molecule has 1 amide bonds. The third-order valence-corrected chi connectivity index (χ3v) is 3.65. The van der Waals surface area contributed by atoms with Crippen LogP contribution in [0, 0.1) is 5.92 Å². The van der Waals surface area contributed by atoms with E-state index in [2.05, 4.69) is 35.1 Å². The van der Waals surface area contributed by atoms with Crippen molar-refractivity contribution in [2.75, 3.05) is 6.54 Å². The number of nitrogens with two attached hydrogens (primary N) is 1. The van der Waals surface area contributed by atoms with Crippen LogP contribution in [0.15, 0.2) is 22.7 Å². The average Bonchev–Trinajstić information content (AvgIpc) is 2.39. The lowest BCUT2D eigenvalue weighted by molar-refractivity contribution is -0.127. The van der Waals surface area contributed by atoms with E-state index in [4.69, 9.17) is 10.5 Å². The predicted molar refractivity (Wildman–Crippen MR) is 89.3 cm³/mol. The Balaban J connectivity index is 2.65. The monoisotopic (exact) mass is 356 g/mol. The summed E-state index contributed by atoms with van der Waals surface area (Å²) in [6, 6.07) is 5.47. The number of halogens is 1. The van der Waals surface area contributed by atoms with Crippen LogP contribution in [0.1, 0.15) is 45.7 Å². The van der Waals surface area contributed by atoms with Crippen LogP contribution < -0.4 is 15.8 Å². The van der Waals surface area contributed by atoms with Gasteiger partial charge in [0.2, 0.25) is 0 Å². The van der Waals surface area contributed by atoms with Crippen molar-refractivity contribution < 1.29 is 9.53 Å². The number of hydrogen-bond acceptors (Lipinski definition) is 3. The fraction of sp³-hybridized carbons (Fsp3) is 0.562. The molecule has 4 nitrogen and oxygen atoms in total. The molecule has 0 aliphatic heterocycles. The SMILES string of the molecule is CC(C)CCNC(=O)C(C)Oc1ccc(Br)cc1[C@H](C)N. The minimum Gasteiger partial charge on any atom is -0.481 e. The van der Waals surface area contributed by atoms with Gasteiger partial charge in [0.05, 0.1) is 0 Å². The van der Waals surface area contributed by atoms with Crippen molar-refractivity contribution in [2.45, 2.75) is 46.3 Å². The molecule has 3 N–H and O–H groups in total. The number of amides is 1. The summed E-state index contributed by atoms with van der Waals surface area (Å²) in [5.41, 5.74) is 6.83. The highest BCUT2D eigenvalue weighted by atomic mass is 79.9. The molecular weight excluding hydrogens is 332 g/mol. The summed E-state index contributed by atoms with van der Waals surface area (Å²) < 4.78 is 6.71. The van der Waals surface area contributed by atoms with Crippen molar-refractivity contribution in [1.29, 1.82) is 0 Å². The Bertz CT molecular complexity index is 475. The summed E-state index contributed by atoms with van der Waals surface area (Å²) in [6.45, 7) is 8.57. The molecule has 0 saturated carbocycles. The Kier molecular flexibility index (Phi) is 7.18. The molecule has 0 heterocycles. The molecule has 118 valence electrons. The van der Waals surface area contributed by atoms with Crippen molar-refractivity contribution in [2.24, 2.45) is 11.7 Å². The number of ether oxygens (including phenoxy) is 1. The molecule has 1 aromatic carbocycles. The average molecular weight is 357 g/mol. The van der Waals surface area contributed by atoms with Crippen molar-refractivity contribution in [3.8, 4) is 5.75 Å². The Morgan fingerprint density at radius 2 is 2.00 bits per heavy atom. The van der Waals surface area contributed by atoms with E-state index >= 15 is 0 Å². The number of benzene rings is 1. The topological polar surface area (TPSA) is 64.3 Å². The first-order valence-electron chi connectivity index (χ1n) is 7.30. The van der Waals surface area contributed by atoms with Gasteiger partial charge in [0.15, 0.2) is 6.10 Å². The molecule has 0 aliphatic rings. The van der Waals surface area contributed by atoms with Crippen LogP contribution in [0.4, 0.5) is 0 Å². The molecule has 1 aromatic rings. The van der Waals surface area contributed by atoms with E-state index in [1.54, 1.807) is 6.92 Å². The van der Waals surface area contributed by atoms with Crippen LogP contribution in [0.25, 0.3) is 0 Å². The molecule has 0 fully saturated rings. The first-order chi connectivity index (χ1) is 9.81. The van der Waals surface area contributed by atoms with Crippen molar-refractivity contribution in [1.82, 2.24) is 5.32 Å². The van der Waals surface area contributed by atoms with Crippen molar-refractivity contribution in [3.05, 3.63) is 28.2 Å². The molecule has 0 bridgehead atoms. The predicted octanol–water partition coefficient (Wildman–Crippen LogP) is 3.40. The van der Waals surface area contributed by atoms with Gasteiger partial charge in [-0.3, -0.25) is 4.79 Å². The quantitative estimate of drug-likeness (QED) is 0.786. The zero-order chi connectivity index (χ0) is 16.0. The maximum absolute atomic E-state index is 12.0. The summed E-state index contributed by atoms with van der Waals surface area (Å²) in [4.78, 5) is 12.0. The van der Waals surface area contributed by atoms with E-state index in [1.165, 1.54) is 0 Å². The minimum absolute atomic E-state index is 0.103. The van der Waals surface area contributed by atoms with Crippen LogP contribution in [0.5, 0.6) is 5.75 Å². The van der Waals surface area contributed by atoms with Gasteiger partial charge in [-0.15, -0.1) is 0 Å². The van der Waals surface area contributed by atoms with Gasteiger partial charge in [-0.25, -0.2) is 0 Å². The van der Waals surface area contributed by atoms with Crippen LogP contribution in [-0.4, -0.2) is 18.6 Å². The highest BCUT2D eigenvalue weighted by Crippen LogP contribution is 2.28. The zero-order valence-electron chi connectivity index (χ0n) is 13.2. The van der Waals surface area contributed by atoms with Gasteiger partial charge < -0.3 is 15.8 Å². The summed E-state index contributed by atoms with van der Waals surface area (Å²) in [5, 5.41) is 2.89. The van der Waals surface area contributed by atoms with E-state index in [0.29, 0.717) is 18.2 Å². The first-order valence-corrected chi connectivity index (χ1v) is 8.10. The molecule has 0 aliphatic carbocycles. The molecule has 1 unspecified atom stereocenters. The first kappa shape index (κ1) is 18.0. The molecular formula is C16H25BrN2O2. The van der Waals surface area contributed by atoms with Gasteiger partial charge in [-0.05, 0) is 44.4 Å². The van der Waals surface area contributed by atoms with Crippen molar-refractivity contribution in [3.63, 3.8) is 0 Å².